The van der Waals surface area contributed by atoms with E-state index in [1.807, 2.05) is 0 Å². The van der Waals surface area contributed by atoms with Crippen LogP contribution in [0.25, 0.3) is 50.2 Å². The molecule has 6 nitrogen and oxygen atoms in total. The fourth-order valence-electron chi connectivity index (χ4n) is 11.5. The molecule has 0 radical (unpaired) electrons. The van der Waals surface area contributed by atoms with E-state index in [0.29, 0.717) is 11.1 Å². The number of benzene rings is 6. The Morgan fingerprint density at radius 1 is 0.468 bits per heavy atom. The zero-order valence-corrected chi connectivity index (χ0v) is 33.7. The molecule has 13 rings (SSSR count). The topological polar surface area (TPSA) is 63.9 Å². The molecule has 292 valence electrons. The van der Waals surface area contributed by atoms with Crippen molar-refractivity contribution in [3.8, 4) is 23.5 Å². The van der Waals surface area contributed by atoms with Gasteiger partial charge in [0.1, 0.15) is 12.1 Å². The Kier molecular flexibility index (Phi) is 7.41. The van der Waals surface area contributed by atoms with Gasteiger partial charge < -0.3 is 18.9 Å². The molecule has 0 saturated heterocycles. The molecule has 0 amide bonds. The number of hydrogen-bond acceptors (Lipinski definition) is 4. The first kappa shape index (κ1) is 34.8. The van der Waals surface area contributed by atoms with Gasteiger partial charge >= 0.3 is 0 Å². The summed E-state index contributed by atoms with van der Waals surface area (Å²) in [6, 6.07) is 48.4. The summed E-state index contributed by atoms with van der Waals surface area (Å²) in [7, 11) is 0. The molecule has 2 aliphatic heterocycles. The van der Waals surface area contributed by atoms with Gasteiger partial charge in [-0.2, -0.15) is 10.5 Å². The van der Waals surface area contributed by atoms with E-state index in [-0.39, 0.29) is 23.9 Å². The monoisotopic (exact) mass is 794 g/mol. The molecule has 0 bridgehead atoms. The van der Waals surface area contributed by atoms with Gasteiger partial charge in [0.2, 0.25) is 0 Å². The van der Waals surface area contributed by atoms with Crippen molar-refractivity contribution in [1.29, 1.82) is 10.5 Å². The molecule has 4 atom stereocenters. The second-order valence-electron chi connectivity index (χ2n) is 16.8. The number of allylic oxidation sites excluding steroid dienone is 5. The quantitative estimate of drug-likeness (QED) is 0.178. The third kappa shape index (κ3) is 4.56. The van der Waals surface area contributed by atoms with Crippen LogP contribution in [0.4, 0.5) is 22.7 Å². The van der Waals surface area contributed by atoms with Crippen LogP contribution in [-0.4, -0.2) is 21.2 Å². The number of rotatable bonds is 4. The zero-order chi connectivity index (χ0) is 41.1. The average Bonchev–Trinajstić information content (AvgIpc) is 4.06. The van der Waals surface area contributed by atoms with E-state index in [0.717, 1.165) is 79.7 Å². The number of fused-ring (bicyclic) bond motifs is 12. The molecule has 8 aromatic rings. The van der Waals surface area contributed by atoms with Gasteiger partial charge in [-0.3, -0.25) is 0 Å². The van der Waals surface area contributed by atoms with Crippen LogP contribution in [0.1, 0.15) is 51.8 Å². The summed E-state index contributed by atoms with van der Waals surface area (Å²) in [6.45, 7) is 0. The number of hydrogen-bond donors (Lipinski definition) is 0. The fourth-order valence-corrected chi connectivity index (χ4v) is 11.5. The van der Waals surface area contributed by atoms with Crippen molar-refractivity contribution in [1.82, 2.24) is 9.13 Å². The van der Waals surface area contributed by atoms with Gasteiger partial charge in [-0.05, 0) is 54.3 Å². The lowest BCUT2D eigenvalue weighted by molar-refractivity contribution is 0.736. The Labute approximate surface area is 359 Å². The molecule has 2 aromatic heterocycles. The minimum absolute atomic E-state index is 0.0538. The van der Waals surface area contributed by atoms with E-state index in [2.05, 4.69) is 213 Å². The highest BCUT2D eigenvalue weighted by Crippen LogP contribution is 2.58. The number of para-hydroxylation sites is 5. The largest absolute Gasteiger partial charge is 0.330 e. The molecule has 5 aliphatic rings. The van der Waals surface area contributed by atoms with Gasteiger partial charge in [-0.25, -0.2) is 0 Å². The second kappa shape index (κ2) is 13.2. The molecular formula is C56H38N6. The van der Waals surface area contributed by atoms with Crippen molar-refractivity contribution in [2.75, 3.05) is 9.80 Å². The number of aromatic nitrogens is 2. The maximum Gasteiger partial charge on any atom is 0.103 e. The van der Waals surface area contributed by atoms with E-state index < -0.39 is 0 Å². The summed E-state index contributed by atoms with van der Waals surface area (Å²) in [5.41, 5.74) is 14.0. The predicted octanol–water partition coefficient (Wildman–Crippen LogP) is 12.9. The van der Waals surface area contributed by atoms with Crippen molar-refractivity contribution in [2.24, 2.45) is 0 Å². The van der Waals surface area contributed by atoms with Crippen LogP contribution in [0.5, 0.6) is 0 Å². The first-order valence-electron chi connectivity index (χ1n) is 21.5. The Morgan fingerprint density at radius 3 is 1.47 bits per heavy atom. The Hall–Kier alpha value is -8.06. The van der Waals surface area contributed by atoms with Gasteiger partial charge in [-0.15, -0.1) is 0 Å². The van der Waals surface area contributed by atoms with Crippen molar-refractivity contribution >= 4 is 61.5 Å². The molecule has 62 heavy (non-hydrogen) atoms. The minimum Gasteiger partial charge on any atom is -0.330 e. The summed E-state index contributed by atoms with van der Waals surface area (Å²) in [4.78, 5) is 4.77. The van der Waals surface area contributed by atoms with Crippen molar-refractivity contribution in [2.45, 2.75) is 36.8 Å². The number of nitriles is 2. The summed E-state index contributed by atoms with van der Waals surface area (Å²) in [5, 5.41) is 27.3. The van der Waals surface area contributed by atoms with Crippen molar-refractivity contribution < 1.29 is 0 Å². The average molecular weight is 795 g/mol. The first-order chi connectivity index (χ1) is 30.8. The van der Waals surface area contributed by atoms with Gasteiger partial charge in [0.05, 0.1) is 62.5 Å². The zero-order valence-electron chi connectivity index (χ0n) is 33.7. The maximum atomic E-state index is 11.9. The normalized spacial score (nSPS) is 20.0. The predicted molar refractivity (Wildman–Crippen MR) is 251 cm³/mol. The van der Waals surface area contributed by atoms with E-state index >= 15 is 0 Å². The van der Waals surface area contributed by atoms with Crippen LogP contribution in [0.3, 0.4) is 0 Å². The number of anilines is 4. The van der Waals surface area contributed by atoms with Crippen molar-refractivity contribution in [3.05, 3.63) is 210 Å². The molecule has 6 heteroatoms. The van der Waals surface area contributed by atoms with Crippen LogP contribution in [0, 0.1) is 22.7 Å². The summed E-state index contributed by atoms with van der Waals surface area (Å²) < 4.78 is 4.89. The third-order valence-corrected chi connectivity index (χ3v) is 13.9. The Bertz CT molecular complexity index is 3450. The summed E-state index contributed by atoms with van der Waals surface area (Å²) in [6.07, 6.45) is 23.9. The van der Waals surface area contributed by atoms with Gasteiger partial charge in [-0.1, -0.05) is 152 Å². The maximum absolute atomic E-state index is 11.9. The Morgan fingerprint density at radius 2 is 0.919 bits per heavy atom. The lowest BCUT2D eigenvalue weighted by atomic mass is 9.90. The van der Waals surface area contributed by atoms with E-state index in [1.165, 1.54) is 22.4 Å². The number of nitrogens with zero attached hydrogens (tertiary/aromatic N) is 6. The van der Waals surface area contributed by atoms with Crippen LogP contribution >= 0.6 is 0 Å². The molecule has 6 aromatic carbocycles. The van der Waals surface area contributed by atoms with Crippen LogP contribution in [0.2, 0.25) is 0 Å². The molecule has 4 heterocycles. The fraction of sp³-hybridized carbons (Fsp3) is 0.107. The van der Waals surface area contributed by atoms with Gasteiger partial charge in [0, 0.05) is 50.6 Å². The Balaban J connectivity index is 1.31. The lowest BCUT2D eigenvalue weighted by Crippen LogP contribution is -2.33. The first-order valence-corrected chi connectivity index (χ1v) is 21.5. The van der Waals surface area contributed by atoms with Crippen LogP contribution in [-0.2, 0) is 6.42 Å². The lowest BCUT2D eigenvalue weighted by Gasteiger charge is -2.37. The van der Waals surface area contributed by atoms with E-state index in [4.69, 9.17) is 0 Å². The second-order valence-corrected chi connectivity index (χ2v) is 16.8. The molecule has 0 saturated carbocycles. The van der Waals surface area contributed by atoms with Crippen molar-refractivity contribution in [3.63, 3.8) is 0 Å². The highest BCUT2D eigenvalue weighted by molar-refractivity contribution is 6.12. The highest BCUT2D eigenvalue weighted by Gasteiger charge is 2.46. The van der Waals surface area contributed by atoms with Gasteiger partial charge in [0.15, 0.2) is 0 Å². The van der Waals surface area contributed by atoms with Crippen LogP contribution < -0.4 is 9.80 Å². The van der Waals surface area contributed by atoms with E-state index in [1.54, 1.807) is 0 Å². The minimum atomic E-state index is -0.136. The standard InChI is InChI=1S/C56H38N6/c57-33-43-44(34-58)54(60-47-27-11-3-19-37(47)38-20-4-12-28-48(38)60)56(62-51-31-15-7-23-41(51)42-24-8-16-32-52(42)62)55(61-49-29-13-5-21-39(49)40-22-6-14-30-50(40)61)53(43)59-45-25-9-1-17-35(45)36-18-2-10-26-46(36)59/h1-15,17-31,35,37,45,47H,16,32H2. The van der Waals surface area contributed by atoms with Crippen LogP contribution in [0.15, 0.2) is 176 Å². The molecule has 4 unspecified atom stereocenters. The third-order valence-electron chi connectivity index (χ3n) is 13.9. The molecule has 0 spiro atoms. The highest BCUT2D eigenvalue weighted by atomic mass is 15.3. The van der Waals surface area contributed by atoms with E-state index in [9.17, 15) is 10.5 Å². The van der Waals surface area contributed by atoms with Gasteiger partial charge in [0.25, 0.3) is 0 Å². The summed E-state index contributed by atoms with van der Waals surface area (Å²) >= 11 is 0. The molecule has 0 fully saturated rings. The smallest absolute Gasteiger partial charge is 0.103 e. The molecule has 0 N–H and O–H groups in total. The summed E-state index contributed by atoms with van der Waals surface area (Å²) in [5.74, 6) is 0.110. The molecular weight excluding hydrogens is 757 g/mol. The molecule has 3 aliphatic carbocycles. The SMILES string of the molecule is N#Cc1c(C#N)c(N2c3ccccc3C3C=CC=CC32)c(-n2c3ccccc3c3ccccc32)c(-n2c3c(c4ccccc42)C=CCC3)c1N1c2ccccc2C2C=CC=CC21.